The highest BCUT2D eigenvalue weighted by molar-refractivity contribution is 5.50. The molecule has 1 rings (SSSR count). The number of nitrogens with one attached hydrogen (secondary N) is 1. The first-order chi connectivity index (χ1) is 7.25. The van der Waals surface area contributed by atoms with E-state index in [2.05, 4.69) is 5.32 Å². The van der Waals surface area contributed by atoms with Crippen molar-refractivity contribution in [1.82, 2.24) is 0 Å². The lowest BCUT2D eigenvalue weighted by Gasteiger charge is -2.09. The maximum Gasteiger partial charge on any atom is 0.128 e. The molecule has 0 aromatic heterocycles. The van der Waals surface area contributed by atoms with Crippen LogP contribution in [0.5, 0.6) is 0 Å². The minimum Gasteiger partial charge on any atom is -0.394 e. The van der Waals surface area contributed by atoms with E-state index in [9.17, 15) is 4.39 Å². The Morgan fingerprint density at radius 3 is 2.93 bits per heavy atom. The van der Waals surface area contributed by atoms with Crippen LogP contribution in [-0.4, -0.2) is 31.5 Å². The number of aliphatic hydroxyl groups excluding tert-OH is 1. The van der Waals surface area contributed by atoms with Gasteiger partial charge in [0.2, 0.25) is 0 Å². The monoisotopic (exact) mass is 213 g/mol. The smallest absolute Gasteiger partial charge is 0.128 e. The molecule has 84 valence electrons. The van der Waals surface area contributed by atoms with E-state index in [0.29, 0.717) is 25.3 Å². The van der Waals surface area contributed by atoms with E-state index in [1.165, 1.54) is 6.07 Å². The summed E-state index contributed by atoms with van der Waals surface area (Å²) < 4.78 is 18.2. The van der Waals surface area contributed by atoms with Crippen molar-refractivity contribution in [3.05, 3.63) is 29.6 Å². The van der Waals surface area contributed by atoms with E-state index in [1.807, 2.05) is 6.07 Å². The molecular formula is C11H16FNO2. The SMILES string of the molecule is Cc1c(F)cccc1NCCOCCO. The Morgan fingerprint density at radius 1 is 1.40 bits per heavy atom. The van der Waals surface area contributed by atoms with Crippen LogP contribution in [-0.2, 0) is 4.74 Å². The van der Waals surface area contributed by atoms with Crippen molar-refractivity contribution < 1.29 is 14.2 Å². The predicted molar refractivity (Wildman–Crippen MR) is 57.5 cm³/mol. The highest BCUT2D eigenvalue weighted by Gasteiger charge is 2.01. The summed E-state index contributed by atoms with van der Waals surface area (Å²) in [5.41, 5.74) is 1.39. The number of benzene rings is 1. The fraction of sp³-hybridized carbons (Fsp3) is 0.455. The molecule has 2 N–H and O–H groups in total. The number of hydrogen-bond acceptors (Lipinski definition) is 3. The van der Waals surface area contributed by atoms with E-state index in [-0.39, 0.29) is 12.4 Å². The molecule has 1 aromatic carbocycles. The zero-order valence-electron chi connectivity index (χ0n) is 8.79. The summed E-state index contributed by atoms with van der Waals surface area (Å²) in [5.74, 6) is -0.212. The van der Waals surface area contributed by atoms with Gasteiger partial charge in [0.1, 0.15) is 5.82 Å². The Labute approximate surface area is 88.9 Å². The molecule has 0 aliphatic heterocycles. The van der Waals surface area contributed by atoms with Gasteiger partial charge in [0.25, 0.3) is 0 Å². The van der Waals surface area contributed by atoms with Crippen LogP contribution in [0, 0.1) is 12.7 Å². The summed E-state index contributed by atoms with van der Waals surface area (Å²) in [4.78, 5) is 0. The van der Waals surface area contributed by atoms with Crippen molar-refractivity contribution in [1.29, 1.82) is 0 Å². The Kier molecular flexibility index (Phi) is 5.07. The highest BCUT2D eigenvalue weighted by atomic mass is 19.1. The third-order valence-electron chi connectivity index (χ3n) is 2.07. The van der Waals surface area contributed by atoms with Gasteiger partial charge in [-0.2, -0.15) is 0 Å². The Hall–Kier alpha value is -1.13. The molecule has 4 heteroatoms. The molecule has 0 radical (unpaired) electrons. The summed E-state index contributed by atoms with van der Waals surface area (Å²) in [5, 5.41) is 11.5. The minimum absolute atomic E-state index is 0.0268. The third kappa shape index (κ3) is 3.85. The summed E-state index contributed by atoms with van der Waals surface area (Å²) in [7, 11) is 0. The van der Waals surface area contributed by atoms with Crippen molar-refractivity contribution in [2.45, 2.75) is 6.92 Å². The first-order valence-corrected chi connectivity index (χ1v) is 4.93. The van der Waals surface area contributed by atoms with Gasteiger partial charge in [-0.05, 0) is 19.1 Å². The number of halogens is 1. The van der Waals surface area contributed by atoms with Crippen LogP contribution in [0.2, 0.25) is 0 Å². The Morgan fingerprint density at radius 2 is 2.20 bits per heavy atom. The maximum absolute atomic E-state index is 13.1. The van der Waals surface area contributed by atoms with Crippen molar-refractivity contribution in [2.24, 2.45) is 0 Å². The standard InChI is InChI=1S/C11H16FNO2/c1-9-10(12)3-2-4-11(9)13-5-7-15-8-6-14/h2-4,13-14H,5-8H2,1H3. The van der Waals surface area contributed by atoms with E-state index >= 15 is 0 Å². The quantitative estimate of drug-likeness (QED) is 0.704. The first-order valence-electron chi connectivity index (χ1n) is 4.93. The molecule has 0 aliphatic rings. The van der Waals surface area contributed by atoms with E-state index < -0.39 is 0 Å². The minimum atomic E-state index is -0.212. The summed E-state index contributed by atoms with van der Waals surface area (Å²) in [6, 6.07) is 4.92. The largest absolute Gasteiger partial charge is 0.394 e. The molecule has 0 saturated carbocycles. The number of anilines is 1. The second kappa shape index (κ2) is 6.37. The highest BCUT2D eigenvalue weighted by Crippen LogP contribution is 2.16. The summed E-state index contributed by atoms with van der Waals surface area (Å²) in [6.45, 7) is 3.19. The van der Waals surface area contributed by atoms with Crippen LogP contribution < -0.4 is 5.32 Å². The lowest BCUT2D eigenvalue weighted by molar-refractivity contribution is 0.0992. The molecule has 0 amide bonds. The second-order valence-corrected chi connectivity index (χ2v) is 3.18. The van der Waals surface area contributed by atoms with Crippen LogP contribution in [0.3, 0.4) is 0 Å². The molecule has 0 bridgehead atoms. The average molecular weight is 213 g/mol. The zero-order chi connectivity index (χ0) is 11.1. The lowest BCUT2D eigenvalue weighted by atomic mass is 10.2. The van der Waals surface area contributed by atoms with Gasteiger partial charge < -0.3 is 15.2 Å². The lowest BCUT2D eigenvalue weighted by Crippen LogP contribution is -2.12. The third-order valence-corrected chi connectivity index (χ3v) is 2.07. The van der Waals surface area contributed by atoms with Crippen molar-refractivity contribution >= 4 is 5.69 Å². The van der Waals surface area contributed by atoms with Gasteiger partial charge in [-0.1, -0.05) is 6.07 Å². The van der Waals surface area contributed by atoms with Crippen LogP contribution in [0.4, 0.5) is 10.1 Å². The number of hydrogen-bond donors (Lipinski definition) is 2. The molecule has 0 unspecified atom stereocenters. The van der Waals surface area contributed by atoms with Crippen molar-refractivity contribution in [3.63, 3.8) is 0 Å². The van der Waals surface area contributed by atoms with Crippen LogP contribution in [0.15, 0.2) is 18.2 Å². The van der Waals surface area contributed by atoms with Gasteiger partial charge in [-0.3, -0.25) is 0 Å². The van der Waals surface area contributed by atoms with Crippen LogP contribution in [0.25, 0.3) is 0 Å². The van der Waals surface area contributed by atoms with Gasteiger partial charge in [-0.25, -0.2) is 4.39 Å². The fourth-order valence-electron chi connectivity index (χ4n) is 1.22. The summed E-state index contributed by atoms with van der Waals surface area (Å²) >= 11 is 0. The van der Waals surface area contributed by atoms with Crippen molar-refractivity contribution in [2.75, 3.05) is 31.7 Å². The second-order valence-electron chi connectivity index (χ2n) is 3.18. The molecule has 15 heavy (non-hydrogen) atoms. The number of rotatable bonds is 6. The molecule has 0 spiro atoms. The van der Waals surface area contributed by atoms with Gasteiger partial charge in [-0.15, -0.1) is 0 Å². The molecule has 0 aliphatic carbocycles. The fourth-order valence-corrected chi connectivity index (χ4v) is 1.22. The Balaban J connectivity index is 2.34. The van der Waals surface area contributed by atoms with Crippen LogP contribution in [0.1, 0.15) is 5.56 Å². The van der Waals surface area contributed by atoms with E-state index in [4.69, 9.17) is 9.84 Å². The molecule has 3 nitrogen and oxygen atoms in total. The molecule has 1 aromatic rings. The maximum atomic E-state index is 13.1. The average Bonchev–Trinajstić information content (AvgIpc) is 2.24. The van der Waals surface area contributed by atoms with Gasteiger partial charge >= 0.3 is 0 Å². The number of aliphatic hydroxyl groups is 1. The van der Waals surface area contributed by atoms with Crippen molar-refractivity contribution in [3.8, 4) is 0 Å². The molecular weight excluding hydrogens is 197 g/mol. The van der Waals surface area contributed by atoms with Crippen LogP contribution >= 0.6 is 0 Å². The Bertz CT molecular complexity index is 305. The number of ether oxygens (including phenoxy) is 1. The predicted octanol–water partition coefficient (Wildman–Crippen LogP) is 1.55. The molecule has 0 fully saturated rings. The van der Waals surface area contributed by atoms with E-state index in [0.717, 1.165) is 5.69 Å². The molecule has 0 atom stereocenters. The van der Waals surface area contributed by atoms with Gasteiger partial charge in [0.15, 0.2) is 0 Å². The van der Waals surface area contributed by atoms with E-state index in [1.54, 1.807) is 13.0 Å². The zero-order valence-corrected chi connectivity index (χ0v) is 8.79. The molecule has 0 heterocycles. The summed E-state index contributed by atoms with van der Waals surface area (Å²) in [6.07, 6.45) is 0. The first kappa shape index (κ1) is 11.9. The normalized spacial score (nSPS) is 10.3. The van der Waals surface area contributed by atoms with Gasteiger partial charge in [0, 0.05) is 17.8 Å². The topological polar surface area (TPSA) is 41.5 Å². The molecule has 0 saturated heterocycles. The van der Waals surface area contributed by atoms with Gasteiger partial charge in [0.05, 0.1) is 19.8 Å².